The van der Waals surface area contributed by atoms with Crippen molar-refractivity contribution in [2.24, 2.45) is 7.05 Å². The van der Waals surface area contributed by atoms with Gasteiger partial charge < -0.3 is 4.74 Å². The SMILES string of the molecule is COC(=O)c1cnc2c(c1Cl)c(=O)[nH]c(=O)n2C. The van der Waals surface area contributed by atoms with E-state index in [0.717, 1.165) is 10.8 Å². The smallest absolute Gasteiger partial charge is 0.340 e. The predicted octanol–water partition coefficient (Wildman–Crippen LogP) is 0.0618. The molecule has 2 heterocycles. The van der Waals surface area contributed by atoms with Crippen molar-refractivity contribution in [2.75, 3.05) is 7.11 Å². The number of fused-ring (bicyclic) bond motifs is 1. The minimum absolute atomic E-state index is 0.0262. The zero-order chi connectivity index (χ0) is 13.4. The molecule has 2 aromatic rings. The second kappa shape index (κ2) is 4.26. The van der Waals surface area contributed by atoms with Crippen LogP contribution in [0.5, 0.6) is 0 Å². The van der Waals surface area contributed by atoms with Crippen LogP contribution in [0.3, 0.4) is 0 Å². The molecule has 0 atom stereocenters. The summed E-state index contributed by atoms with van der Waals surface area (Å²) in [6.45, 7) is 0. The van der Waals surface area contributed by atoms with Gasteiger partial charge in [-0.25, -0.2) is 14.6 Å². The number of nitrogens with zero attached hydrogens (tertiary/aromatic N) is 2. The Bertz CT molecular complexity index is 762. The first kappa shape index (κ1) is 12.3. The van der Waals surface area contributed by atoms with Gasteiger partial charge in [0.15, 0.2) is 5.65 Å². The summed E-state index contributed by atoms with van der Waals surface area (Å²) in [5.41, 5.74) is -1.24. The first-order chi connectivity index (χ1) is 8.47. The van der Waals surface area contributed by atoms with Crippen LogP contribution >= 0.6 is 11.6 Å². The maximum absolute atomic E-state index is 11.7. The fourth-order valence-corrected chi connectivity index (χ4v) is 1.82. The Balaban J connectivity index is 2.97. The Hall–Kier alpha value is -2.15. The topological polar surface area (TPSA) is 94.1 Å². The molecule has 0 bridgehead atoms. The number of aromatic nitrogens is 3. The van der Waals surface area contributed by atoms with Crippen LogP contribution in [0.25, 0.3) is 11.0 Å². The highest BCUT2D eigenvalue weighted by Crippen LogP contribution is 2.22. The van der Waals surface area contributed by atoms with Crippen molar-refractivity contribution in [1.82, 2.24) is 14.5 Å². The zero-order valence-electron chi connectivity index (χ0n) is 9.48. The van der Waals surface area contributed by atoms with Crippen LogP contribution in [0.2, 0.25) is 5.02 Å². The molecule has 0 spiro atoms. The number of rotatable bonds is 1. The minimum atomic E-state index is -0.706. The third kappa shape index (κ3) is 1.68. The number of halogens is 1. The van der Waals surface area contributed by atoms with E-state index < -0.39 is 17.2 Å². The lowest BCUT2D eigenvalue weighted by Gasteiger charge is -2.06. The molecule has 0 aromatic carbocycles. The molecule has 0 aliphatic carbocycles. The summed E-state index contributed by atoms with van der Waals surface area (Å²) < 4.78 is 5.64. The van der Waals surface area contributed by atoms with Crippen LogP contribution in [-0.4, -0.2) is 27.6 Å². The van der Waals surface area contributed by atoms with Gasteiger partial charge in [0.2, 0.25) is 0 Å². The molecule has 0 aliphatic heterocycles. The highest BCUT2D eigenvalue weighted by Gasteiger charge is 2.18. The van der Waals surface area contributed by atoms with Gasteiger partial charge in [-0.05, 0) is 0 Å². The summed E-state index contributed by atoms with van der Waals surface area (Å²) in [6, 6.07) is 0. The van der Waals surface area contributed by atoms with Gasteiger partial charge in [0, 0.05) is 13.2 Å². The number of hydrogen-bond donors (Lipinski definition) is 1. The number of carbonyl (C=O) groups excluding carboxylic acids is 1. The number of aromatic amines is 1. The summed E-state index contributed by atoms with van der Waals surface area (Å²) in [5, 5.41) is -0.120. The zero-order valence-corrected chi connectivity index (χ0v) is 10.2. The van der Waals surface area contributed by atoms with Crippen molar-refractivity contribution < 1.29 is 9.53 Å². The maximum atomic E-state index is 11.7. The molecular weight excluding hydrogens is 262 g/mol. The van der Waals surface area contributed by atoms with Crippen LogP contribution in [0, 0.1) is 0 Å². The number of ether oxygens (including phenoxy) is 1. The Kier molecular flexibility index (Phi) is 2.92. The number of pyridine rings is 1. The van der Waals surface area contributed by atoms with Crippen LogP contribution in [0.4, 0.5) is 0 Å². The molecule has 2 aromatic heterocycles. The number of esters is 1. The van der Waals surface area contributed by atoms with Crippen LogP contribution in [0.15, 0.2) is 15.8 Å². The molecule has 94 valence electrons. The number of aryl methyl sites for hydroxylation is 1. The molecule has 7 nitrogen and oxygen atoms in total. The predicted molar refractivity (Wildman–Crippen MR) is 64.0 cm³/mol. The van der Waals surface area contributed by atoms with Crippen LogP contribution < -0.4 is 11.2 Å². The van der Waals surface area contributed by atoms with Crippen molar-refractivity contribution in [3.05, 3.63) is 37.6 Å². The summed E-state index contributed by atoms with van der Waals surface area (Å²) in [6.07, 6.45) is 1.16. The van der Waals surface area contributed by atoms with Gasteiger partial charge in [-0.3, -0.25) is 14.3 Å². The number of hydrogen-bond acceptors (Lipinski definition) is 5. The highest BCUT2D eigenvalue weighted by molar-refractivity contribution is 6.38. The minimum Gasteiger partial charge on any atom is -0.465 e. The lowest BCUT2D eigenvalue weighted by Crippen LogP contribution is -2.29. The average molecular weight is 270 g/mol. The molecule has 0 aliphatic rings. The van der Waals surface area contributed by atoms with Crippen molar-refractivity contribution in [3.63, 3.8) is 0 Å². The van der Waals surface area contributed by atoms with Gasteiger partial charge in [-0.2, -0.15) is 0 Å². The van der Waals surface area contributed by atoms with Crippen LogP contribution in [-0.2, 0) is 11.8 Å². The maximum Gasteiger partial charge on any atom is 0.340 e. The van der Waals surface area contributed by atoms with E-state index in [1.54, 1.807) is 0 Å². The molecular formula is C10H8ClN3O4. The molecule has 0 saturated carbocycles. The van der Waals surface area contributed by atoms with Gasteiger partial charge in [-0.1, -0.05) is 11.6 Å². The molecule has 18 heavy (non-hydrogen) atoms. The van der Waals surface area contributed by atoms with Crippen molar-refractivity contribution in [1.29, 1.82) is 0 Å². The van der Waals surface area contributed by atoms with Crippen LogP contribution in [0.1, 0.15) is 10.4 Å². The molecule has 0 saturated heterocycles. The fourth-order valence-electron chi connectivity index (χ4n) is 1.53. The molecule has 2 rings (SSSR count). The Morgan fingerprint density at radius 1 is 1.50 bits per heavy atom. The molecule has 0 amide bonds. The second-order valence-electron chi connectivity index (χ2n) is 3.49. The van der Waals surface area contributed by atoms with Gasteiger partial charge in [0.05, 0.1) is 17.7 Å². The quantitative estimate of drug-likeness (QED) is 0.739. The van der Waals surface area contributed by atoms with Gasteiger partial charge in [0.1, 0.15) is 5.39 Å². The summed E-state index contributed by atoms with van der Waals surface area (Å²) >= 11 is 5.97. The van der Waals surface area contributed by atoms with E-state index in [9.17, 15) is 14.4 Å². The van der Waals surface area contributed by atoms with Gasteiger partial charge >= 0.3 is 11.7 Å². The van der Waals surface area contributed by atoms with Gasteiger partial charge in [0.25, 0.3) is 5.56 Å². The lowest BCUT2D eigenvalue weighted by atomic mass is 10.2. The fraction of sp³-hybridized carbons (Fsp3) is 0.200. The van der Waals surface area contributed by atoms with E-state index in [2.05, 4.69) is 14.7 Å². The number of carbonyl (C=O) groups is 1. The third-order valence-electron chi connectivity index (χ3n) is 2.47. The Morgan fingerprint density at radius 3 is 2.78 bits per heavy atom. The first-order valence-electron chi connectivity index (χ1n) is 4.83. The van der Waals surface area contributed by atoms with E-state index in [1.165, 1.54) is 14.2 Å². The molecule has 0 unspecified atom stereocenters. The standard InChI is InChI=1S/C10H8ClN3O4/c1-14-7-5(8(15)13-10(14)17)6(11)4(3-12-7)9(16)18-2/h3H,1-2H3,(H,13,15,17). The monoisotopic (exact) mass is 269 g/mol. The van der Waals surface area contributed by atoms with E-state index in [-0.39, 0.29) is 21.6 Å². The number of H-pyrrole nitrogens is 1. The first-order valence-corrected chi connectivity index (χ1v) is 5.21. The Morgan fingerprint density at radius 2 is 2.17 bits per heavy atom. The highest BCUT2D eigenvalue weighted by atomic mass is 35.5. The summed E-state index contributed by atoms with van der Waals surface area (Å²) in [7, 11) is 2.62. The molecule has 1 N–H and O–H groups in total. The molecule has 8 heteroatoms. The Labute approximate surface area is 105 Å². The average Bonchev–Trinajstić information content (AvgIpc) is 2.34. The van der Waals surface area contributed by atoms with Crippen molar-refractivity contribution >= 4 is 28.6 Å². The van der Waals surface area contributed by atoms with E-state index >= 15 is 0 Å². The second-order valence-corrected chi connectivity index (χ2v) is 3.87. The largest absolute Gasteiger partial charge is 0.465 e. The van der Waals surface area contributed by atoms with Crippen molar-refractivity contribution in [2.45, 2.75) is 0 Å². The van der Waals surface area contributed by atoms with Crippen molar-refractivity contribution in [3.8, 4) is 0 Å². The molecule has 0 radical (unpaired) electrons. The van der Waals surface area contributed by atoms with Gasteiger partial charge in [-0.15, -0.1) is 0 Å². The molecule has 0 fully saturated rings. The third-order valence-corrected chi connectivity index (χ3v) is 2.86. The van der Waals surface area contributed by atoms with E-state index in [1.807, 2.05) is 0 Å². The van der Waals surface area contributed by atoms with E-state index in [0.29, 0.717) is 0 Å². The summed E-state index contributed by atoms with van der Waals surface area (Å²) in [5.74, 6) is -0.706. The lowest BCUT2D eigenvalue weighted by molar-refractivity contribution is 0.0600. The number of methoxy groups -OCH3 is 1. The number of nitrogens with one attached hydrogen (secondary N) is 1. The normalized spacial score (nSPS) is 10.6. The van der Waals surface area contributed by atoms with E-state index in [4.69, 9.17) is 11.6 Å². The summed E-state index contributed by atoms with van der Waals surface area (Å²) in [4.78, 5) is 40.4.